The molecule has 1 saturated heterocycles. The summed E-state index contributed by atoms with van der Waals surface area (Å²) in [4.78, 5) is 14.8. The molecule has 0 radical (unpaired) electrons. The molecule has 4 nitrogen and oxygen atoms in total. The van der Waals surface area contributed by atoms with Gasteiger partial charge in [0.1, 0.15) is 5.75 Å². The van der Waals surface area contributed by atoms with Crippen molar-refractivity contribution in [2.45, 2.75) is 25.3 Å². The van der Waals surface area contributed by atoms with E-state index in [1.807, 2.05) is 35.2 Å². The van der Waals surface area contributed by atoms with Crippen LogP contribution in [0.15, 0.2) is 48.5 Å². The van der Waals surface area contributed by atoms with E-state index >= 15 is 0 Å². The molecule has 0 aromatic heterocycles. The number of ether oxygens (including phenoxy) is 1. The highest BCUT2D eigenvalue weighted by atomic mass is 16.5. The molecule has 1 aliphatic rings. The molecule has 23 heavy (non-hydrogen) atoms. The van der Waals surface area contributed by atoms with Gasteiger partial charge in [0.25, 0.3) is 5.91 Å². The first kappa shape index (κ1) is 15.4. The van der Waals surface area contributed by atoms with Gasteiger partial charge in [-0.3, -0.25) is 4.79 Å². The van der Waals surface area contributed by atoms with Crippen LogP contribution in [0.4, 0.5) is 5.69 Å². The average Bonchev–Trinajstić information content (AvgIpc) is 3.03. The van der Waals surface area contributed by atoms with Gasteiger partial charge in [-0.05, 0) is 49.1 Å². The number of hydrogen-bond donors (Lipinski definition) is 1. The summed E-state index contributed by atoms with van der Waals surface area (Å²) in [6.45, 7) is 0.799. The van der Waals surface area contributed by atoms with Crippen LogP contribution in [0.3, 0.4) is 0 Å². The number of methoxy groups -OCH3 is 1. The number of nitrogens with zero attached hydrogens (tertiary/aromatic N) is 1. The summed E-state index contributed by atoms with van der Waals surface area (Å²) < 4.78 is 5.43. The first-order valence-corrected chi connectivity index (χ1v) is 7.97. The number of carbonyl (C=O) groups excluding carboxylic acids is 1. The number of anilines is 1. The topological polar surface area (TPSA) is 55.6 Å². The molecule has 0 aliphatic carbocycles. The van der Waals surface area contributed by atoms with Gasteiger partial charge in [-0.2, -0.15) is 0 Å². The van der Waals surface area contributed by atoms with E-state index in [9.17, 15) is 4.79 Å². The van der Waals surface area contributed by atoms with Crippen molar-refractivity contribution in [2.24, 2.45) is 0 Å². The van der Waals surface area contributed by atoms with Crippen molar-refractivity contribution in [3.63, 3.8) is 0 Å². The number of nitrogen functional groups attached to an aromatic ring is 1. The summed E-state index contributed by atoms with van der Waals surface area (Å²) in [5, 5.41) is 0. The Morgan fingerprint density at radius 3 is 2.87 bits per heavy atom. The van der Waals surface area contributed by atoms with Gasteiger partial charge in [0.2, 0.25) is 0 Å². The van der Waals surface area contributed by atoms with Crippen LogP contribution < -0.4 is 10.5 Å². The first-order chi connectivity index (χ1) is 11.2. The molecule has 0 saturated carbocycles. The SMILES string of the molecule is COc1ccccc1CC1CCCN1C(=O)c1cccc(N)c1. The fourth-order valence-corrected chi connectivity index (χ4v) is 3.28. The minimum atomic E-state index is 0.0645. The van der Waals surface area contributed by atoms with Crippen LogP contribution in [0.2, 0.25) is 0 Å². The van der Waals surface area contributed by atoms with E-state index in [1.165, 1.54) is 0 Å². The van der Waals surface area contributed by atoms with E-state index in [1.54, 1.807) is 19.2 Å². The van der Waals surface area contributed by atoms with Crippen LogP contribution in [0, 0.1) is 0 Å². The minimum absolute atomic E-state index is 0.0645. The van der Waals surface area contributed by atoms with Gasteiger partial charge in [-0.1, -0.05) is 24.3 Å². The largest absolute Gasteiger partial charge is 0.496 e. The zero-order valence-corrected chi connectivity index (χ0v) is 13.4. The Hall–Kier alpha value is -2.49. The van der Waals surface area contributed by atoms with Crippen molar-refractivity contribution in [1.82, 2.24) is 4.90 Å². The summed E-state index contributed by atoms with van der Waals surface area (Å²) in [6, 6.07) is 15.4. The predicted octanol–water partition coefficient (Wildman–Crippen LogP) is 3.12. The lowest BCUT2D eigenvalue weighted by atomic mass is 10.0. The number of nitrogens with two attached hydrogens (primary N) is 1. The number of benzene rings is 2. The minimum Gasteiger partial charge on any atom is -0.496 e. The highest BCUT2D eigenvalue weighted by Gasteiger charge is 2.30. The Morgan fingerprint density at radius 1 is 1.26 bits per heavy atom. The molecule has 3 rings (SSSR count). The summed E-state index contributed by atoms with van der Waals surface area (Å²) in [5.74, 6) is 0.949. The maximum Gasteiger partial charge on any atom is 0.254 e. The lowest BCUT2D eigenvalue weighted by Crippen LogP contribution is -2.36. The smallest absolute Gasteiger partial charge is 0.254 e. The number of para-hydroxylation sites is 1. The standard InChI is InChI=1S/C19H22N2O2/c1-23-18-10-3-2-6-14(18)13-17-9-5-11-21(17)19(22)15-7-4-8-16(20)12-15/h2-4,6-8,10,12,17H,5,9,11,13,20H2,1H3. The van der Waals surface area contributed by atoms with Crippen LogP contribution in [-0.4, -0.2) is 30.5 Å². The molecule has 1 fully saturated rings. The molecule has 120 valence electrons. The Bertz CT molecular complexity index is 699. The van der Waals surface area contributed by atoms with Crippen molar-refractivity contribution in [2.75, 3.05) is 19.4 Å². The number of rotatable bonds is 4. The third-order valence-electron chi connectivity index (χ3n) is 4.42. The van der Waals surface area contributed by atoms with Crippen molar-refractivity contribution in [3.8, 4) is 5.75 Å². The van der Waals surface area contributed by atoms with E-state index in [-0.39, 0.29) is 11.9 Å². The predicted molar refractivity (Wildman–Crippen MR) is 91.6 cm³/mol. The molecular formula is C19H22N2O2. The molecule has 1 atom stereocenters. The Labute approximate surface area is 136 Å². The summed E-state index contributed by atoms with van der Waals surface area (Å²) in [7, 11) is 1.68. The van der Waals surface area contributed by atoms with E-state index in [0.717, 1.165) is 37.1 Å². The Kier molecular flexibility index (Phi) is 4.51. The molecule has 0 spiro atoms. The quantitative estimate of drug-likeness (QED) is 0.883. The number of amides is 1. The molecule has 2 N–H and O–H groups in total. The zero-order valence-electron chi connectivity index (χ0n) is 13.4. The third-order valence-corrected chi connectivity index (χ3v) is 4.42. The van der Waals surface area contributed by atoms with E-state index in [0.29, 0.717) is 11.3 Å². The fraction of sp³-hybridized carbons (Fsp3) is 0.316. The fourth-order valence-electron chi connectivity index (χ4n) is 3.28. The normalized spacial score (nSPS) is 17.3. The summed E-state index contributed by atoms with van der Waals surface area (Å²) in [5.41, 5.74) is 8.23. The van der Waals surface area contributed by atoms with Crippen molar-refractivity contribution in [3.05, 3.63) is 59.7 Å². The average molecular weight is 310 g/mol. The number of carbonyl (C=O) groups is 1. The number of hydrogen-bond acceptors (Lipinski definition) is 3. The molecule has 1 heterocycles. The lowest BCUT2D eigenvalue weighted by molar-refractivity contribution is 0.0736. The maximum atomic E-state index is 12.8. The van der Waals surface area contributed by atoms with Gasteiger partial charge in [0, 0.05) is 23.8 Å². The molecule has 4 heteroatoms. The van der Waals surface area contributed by atoms with Crippen LogP contribution in [0.1, 0.15) is 28.8 Å². The van der Waals surface area contributed by atoms with Gasteiger partial charge in [0.15, 0.2) is 0 Å². The van der Waals surface area contributed by atoms with E-state index < -0.39 is 0 Å². The Balaban J connectivity index is 1.79. The van der Waals surface area contributed by atoms with Gasteiger partial charge in [-0.15, -0.1) is 0 Å². The van der Waals surface area contributed by atoms with Gasteiger partial charge < -0.3 is 15.4 Å². The first-order valence-electron chi connectivity index (χ1n) is 7.97. The molecule has 1 unspecified atom stereocenters. The van der Waals surface area contributed by atoms with E-state index in [4.69, 9.17) is 10.5 Å². The molecule has 1 aliphatic heterocycles. The van der Waals surface area contributed by atoms with Crippen LogP contribution in [0.5, 0.6) is 5.75 Å². The number of likely N-dealkylation sites (tertiary alicyclic amines) is 1. The van der Waals surface area contributed by atoms with E-state index in [2.05, 4.69) is 6.07 Å². The second kappa shape index (κ2) is 6.73. The van der Waals surface area contributed by atoms with Crippen LogP contribution >= 0.6 is 0 Å². The van der Waals surface area contributed by atoms with Gasteiger partial charge >= 0.3 is 0 Å². The molecule has 2 aromatic rings. The molecule has 1 amide bonds. The lowest BCUT2D eigenvalue weighted by Gasteiger charge is -2.25. The van der Waals surface area contributed by atoms with Crippen molar-refractivity contribution < 1.29 is 9.53 Å². The zero-order chi connectivity index (χ0) is 16.2. The van der Waals surface area contributed by atoms with Crippen LogP contribution in [0.25, 0.3) is 0 Å². The monoisotopic (exact) mass is 310 g/mol. The highest BCUT2D eigenvalue weighted by molar-refractivity contribution is 5.95. The third kappa shape index (κ3) is 3.31. The van der Waals surface area contributed by atoms with Crippen LogP contribution in [-0.2, 0) is 6.42 Å². The van der Waals surface area contributed by atoms with Crippen molar-refractivity contribution in [1.29, 1.82) is 0 Å². The highest BCUT2D eigenvalue weighted by Crippen LogP contribution is 2.27. The second-order valence-corrected chi connectivity index (χ2v) is 5.94. The summed E-state index contributed by atoms with van der Waals surface area (Å²) in [6.07, 6.45) is 2.87. The summed E-state index contributed by atoms with van der Waals surface area (Å²) >= 11 is 0. The molecule has 0 bridgehead atoms. The van der Waals surface area contributed by atoms with Gasteiger partial charge in [-0.25, -0.2) is 0 Å². The van der Waals surface area contributed by atoms with Crippen molar-refractivity contribution >= 4 is 11.6 Å². The molecule has 2 aromatic carbocycles. The van der Waals surface area contributed by atoms with Gasteiger partial charge in [0.05, 0.1) is 7.11 Å². The Morgan fingerprint density at radius 2 is 2.09 bits per heavy atom. The maximum absolute atomic E-state index is 12.8. The second-order valence-electron chi connectivity index (χ2n) is 5.94. The molecular weight excluding hydrogens is 288 g/mol.